The Morgan fingerprint density at radius 1 is 1.12 bits per heavy atom. The lowest BCUT2D eigenvalue weighted by Crippen LogP contribution is -2.25. The number of carbonyl (C=O) groups is 1. The Bertz CT molecular complexity index is 1050. The quantitative estimate of drug-likeness (QED) is 0.759. The van der Waals surface area contributed by atoms with E-state index in [0.29, 0.717) is 11.3 Å². The van der Waals surface area contributed by atoms with Gasteiger partial charge in [-0.25, -0.2) is 4.98 Å². The van der Waals surface area contributed by atoms with Crippen molar-refractivity contribution in [2.75, 3.05) is 5.32 Å². The first-order valence-corrected chi connectivity index (χ1v) is 7.65. The third-order valence-electron chi connectivity index (χ3n) is 3.88. The number of amides is 1. The topological polar surface area (TPSA) is 63.5 Å². The van der Waals surface area contributed by atoms with Gasteiger partial charge in [-0.05, 0) is 55.8 Å². The molecule has 2 heterocycles. The van der Waals surface area contributed by atoms with Crippen LogP contribution < -0.4 is 10.9 Å². The molecule has 0 aliphatic heterocycles. The minimum atomic E-state index is -4.48. The Labute approximate surface area is 146 Å². The maximum absolute atomic E-state index is 12.6. The lowest BCUT2D eigenvalue weighted by molar-refractivity contribution is -0.137. The maximum Gasteiger partial charge on any atom is 0.416 e. The summed E-state index contributed by atoms with van der Waals surface area (Å²) in [6.07, 6.45) is -2.93. The van der Waals surface area contributed by atoms with Gasteiger partial charge in [-0.1, -0.05) is 0 Å². The highest BCUT2D eigenvalue weighted by molar-refractivity contribution is 6.04. The second kappa shape index (κ2) is 6.29. The molecule has 3 rings (SSSR count). The fourth-order valence-corrected chi connectivity index (χ4v) is 2.49. The van der Waals surface area contributed by atoms with Crippen LogP contribution in [0.25, 0.3) is 5.65 Å². The van der Waals surface area contributed by atoms with E-state index in [1.54, 1.807) is 25.3 Å². The number of anilines is 1. The fourth-order valence-electron chi connectivity index (χ4n) is 2.49. The number of aryl methyl sites for hydroxylation is 2. The van der Waals surface area contributed by atoms with Gasteiger partial charge >= 0.3 is 6.18 Å². The number of halogens is 3. The van der Waals surface area contributed by atoms with Crippen LogP contribution in [0.3, 0.4) is 0 Å². The number of benzene rings is 1. The van der Waals surface area contributed by atoms with Gasteiger partial charge in [0.05, 0.1) is 11.3 Å². The van der Waals surface area contributed by atoms with E-state index in [-0.39, 0.29) is 11.3 Å². The third kappa shape index (κ3) is 3.30. The standard InChI is InChI=1S/C18H14F3N3O2/c1-10-7-8-24-14(9-10)22-11(2)15(17(24)26)23-16(25)12-3-5-13(6-4-12)18(19,20)21/h3-9H,1-2H3,(H,23,25). The predicted octanol–water partition coefficient (Wildman–Crippen LogP) is 3.58. The Morgan fingerprint density at radius 2 is 1.77 bits per heavy atom. The first-order chi connectivity index (χ1) is 12.2. The molecule has 0 spiro atoms. The zero-order chi connectivity index (χ0) is 19.1. The first kappa shape index (κ1) is 17.7. The molecule has 1 aromatic carbocycles. The van der Waals surface area contributed by atoms with Gasteiger partial charge in [0.1, 0.15) is 11.3 Å². The van der Waals surface area contributed by atoms with Crippen LogP contribution in [0, 0.1) is 13.8 Å². The molecule has 3 aromatic rings. The van der Waals surface area contributed by atoms with Gasteiger partial charge in [0.2, 0.25) is 0 Å². The van der Waals surface area contributed by atoms with Crippen LogP contribution in [0.15, 0.2) is 47.4 Å². The summed E-state index contributed by atoms with van der Waals surface area (Å²) in [6.45, 7) is 3.44. The third-order valence-corrected chi connectivity index (χ3v) is 3.88. The molecule has 26 heavy (non-hydrogen) atoms. The van der Waals surface area contributed by atoms with E-state index in [1.165, 1.54) is 4.40 Å². The van der Waals surface area contributed by atoms with Crippen molar-refractivity contribution >= 4 is 17.2 Å². The molecular formula is C18H14F3N3O2. The molecule has 0 unspecified atom stereocenters. The number of pyridine rings is 1. The number of aromatic nitrogens is 2. The molecule has 2 aromatic heterocycles. The minimum Gasteiger partial charge on any atom is -0.316 e. The summed E-state index contributed by atoms with van der Waals surface area (Å²) in [7, 11) is 0. The van der Waals surface area contributed by atoms with Gasteiger partial charge in [0, 0.05) is 11.8 Å². The second-order valence-electron chi connectivity index (χ2n) is 5.84. The van der Waals surface area contributed by atoms with Gasteiger partial charge in [0.15, 0.2) is 0 Å². The minimum absolute atomic E-state index is 0.00537. The second-order valence-corrected chi connectivity index (χ2v) is 5.84. The first-order valence-electron chi connectivity index (χ1n) is 7.65. The molecule has 1 amide bonds. The van der Waals surface area contributed by atoms with Gasteiger partial charge < -0.3 is 5.32 Å². The summed E-state index contributed by atoms with van der Waals surface area (Å²) in [5, 5.41) is 2.44. The number of hydrogen-bond donors (Lipinski definition) is 1. The van der Waals surface area contributed by atoms with Crippen LogP contribution in [0.1, 0.15) is 27.2 Å². The van der Waals surface area contributed by atoms with E-state index in [9.17, 15) is 22.8 Å². The SMILES string of the molecule is Cc1ccn2c(=O)c(NC(=O)c3ccc(C(F)(F)F)cc3)c(C)nc2c1. The summed E-state index contributed by atoms with van der Waals surface area (Å²) in [5.41, 5.74) is 0.363. The summed E-state index contributed by atoms with van der Waals surface area (Å²) in [6, 6.07) is 7.21. The summed E-state index contributed by atoms with van der Waals surface area (Å²) < 4.78 is 39.1. The van der Waals surface area contributed by atoms with Gasteiger partial charge in [-0.2, -0.15) is 13.2 Å². The van der Waals surface area contributed by atoms with E-state index in [4.69, 9.17) is 0 Å². The largest absolute Gasteiger partial charge is 0.416 e. The molecule has 0 atom stereocenters. The number of carbonyl (C=O) groups excluding carboxylic acids is 1. The van der Waals surface area contributed by atoms with Gasteiger partial charge in [0.25, 0.3) is 11.5 Å². The highest BCUT2D eigenvalue weighted by Crippen LogP contribution is 2.29. The molecule has 0 radical (unpaired) electrons. The molecule has 8 heteroatoms. The fraction of sp³-hybridized carbons (Fsp3) is 0.167. The van der Waals surface area contributed by atoms with E-state index < -0.39 is 23.2 Å². The number of hydrogen-bond acceptors (Lipinski definition) is 3. The lowest BCUT2D eigenvalue weighted by atomic mass is 10.1. The highest BCUT2D eigenvalue weighted by Gasteiger charge is 2.30. The van der Waals surface area contributed by atoms with E-state index >= 15 is 0 Å². The van der Waals surface area contributed by atoms with E-state index in [1.807, 2.05) is 6.92 Å². The van der Waals surface area contributed by atoms with Crippen molar-refractivity contribution in [3.63, 3.8) is 0 Å². The summed E-state index contributed by atoms with van der Waals surface area (Å²) in [5.74, 6) is -0.687. The Morgan fingerprint density at radius 3 is 2.38 bits per heavy atom. The number of rotatable bonds is 2. The van der Waals surface area contributed by atoms with Crippen LogP contribution >= 0.6 is 0 Å². The van der Waals surface area contributed by atoms with Crippen molar-refractivity contribution in [2.45, 2.75) is 20.0 Å². The number of nitrogens with one attached hydrogen (secondary N) is 1. The van der Waals surface area contributed by atoms with E-state index in [0.717, 1.165) is 29.8 Å². The van der Waals surface area contributed by atoms with Crippen LogP contribution in [0.2, 0.25) is 0 Å². The number of nitrogens with zero attached hydrogens (tertiary/aromatic N) is 2. The lowest BCUT2D eigenvalue weighted by Gasteiger charge is -2.11. The molecule has 0 saturated heterocycles. The monoisotopic (exact) mass is 361 g/mol. The van der Waals surface area contributed by atoms with Crippen LogP contribution in [-0.2, 0) is 6.18 Å². The Hall–Kier alpha value is -3.16. The molecule has 0 aliphatic rings. The van der Waals surface area contributed by atoms with E-state index in [2.05, 4.69) is 10.3 Å². The van der Waals surface area contributed by atoms with Gasteiger partial charge in [-0.3, -0.25) is 14.0 Å². The van der Waals surface area contributed by atoms with Crippen LogP contribution in [0.4, 0.5) is 18.9 Å². The van der Waals surface area contributed by atoms with Crippen molar-refractivity contribution < 1.29 is 18.0 Å². The zero-order valence-corrected chi connectivity index (χ0v) is 13.9. The zero-order valence-electron chi connectivity index (χ0n) is 13.9. The predicted molar refractivity (Wildman–Crippen MR) is 90.3 cm³/mol. The molecular weight excluding hydrogens is 347 g/mol. The average Bonchev–Trinajstić information content (AvgIpc) is 2.57. The summed E-state index contributed by atoms with van der Waals surface area (Å²) in [4.78, 5) is 29.2. The molecule has 0 bridgehead atoms. The number of alkyl halides is 3. The normalized spacial score (nSPS) is 11.6. The molecule has 1 N–H and O–H groups in total. The van der Waals surface area contributed by atoms with Crippen molar-refractivity contribution in [1.29, 1.82) is 0 Å². The molecule has 134 valence electrons. The van der Waals surface area contributed by atoms with Gasteiger partial charge in [-0.15, -0.1) is 0 Å². The molecule has 5 nitrogen and oxygen atoms in total. The van der Waals surface area contributed by atoms with Crippen molar-refractivity contribution in [2.24, 2.45) is 0 Å². The van der Waals surface area contributed by atoms with Crippen LogP contribution in [-0.4, -0.2) is 15.3 Å². The van der Waals surface area contributed by atoms with Crippen molar-refractivity contribution in [1.82, 2.24) is 9.38 Å². The van der Waals surface area contributed by atoms with Crippen molar-refractivity contribution in [3.8, 4) is 0 Å². The van der Waals surface area contributed by atoms with Crippen molar-refractivity contribution in [3.05, 3.63) is 75.3 Å². The smallest absolute Gasteiger partial charge is 0.316 e. The molecule has 0 aliphatic carbocycles. The average molecular weight is 361 g/mol. The molecule has 0 fully saturated rings. The maximum atomic E-state index is 12.6. The molecule has 0 saturated carbocycles. The Kier molecular flexibility index (Phi) is 4.27. The number of fused-ring (bicyclic) bond motifs is 1. The summed E-state index contributed by atoms with van der Waals surface area (Å²) >= 11 is 0. The van der Waals surface area contributed by atoms with Crippen LogP contribution in [0.5, 0.6) is 0 Å². The highest BCUT2D eigenvalue weighted by atomic mass is 19.4. The Balaban J connectivity index is 1.94.